The van der Waals surface area contributed by atoms with E-state index >= 15 is 0 Å². The minimum absolute atomic E-state index is 0.0186. The SMILES string of the molecule is COC(=O)c1cc(CCl)cc(OC(F)F)c1C#N. The zero-order valence-corrected chi connectivity index (χ0v) is 10.0. The van der Waals surface area contributed by atoms with Crippen molar-refractivity contribution in [2.75, 3.05) is 7.11 Å². The van der Waals surface area contributed by atoms with E-state index in [0.717, 1.165) is 7.11 Å². The zero-order chi connectivity index (χ0) is 13.7. The highest BCUT2D eigenvalue weighted by Gasteiger charge is 2.20. The summed E-state index contributed by atoms with van der Waals surface area (Å²) < 4.78 is 33.1. The summed E-state index contributed by atoms with van der Waals surface area (Å²) in [5.41, 5.74) is -0.100. The maximum absolute atomic E-state index is 12.2. The van der Waals surface area contributed by atoms with Crippen LogP contribution in [0.3, 0.4) is 0 Å². The first-order valence-corrected chi connectivity index (χ1v) is 5.23. The number of rotatable bonds is 4. The van der Waals surface area contributed by atoms with Gasteiger partial charge in [-0.2, -0.15) is 14.0 Å². The minimum Gasteiger partial charge on any atom is -0.465 e. The summed E-state index contributed by atoms with van der Waals surface area (Å²) in [6.07, 6.45) is 0. The number of halogens is 3. The molecule has 0 bridgehead atoms. The Morgan fingerprint density at radius 3 is 2.67 bits per heavy atom. The number of hydrogen-bond acceptors (Lipinski definition) is 4. The Morgan fingerprint density at radius 2 is 2.22 bits per heavy atom. The fourth-order valence-corrected chi connectivity index (χ4v) is 1.48. The van der Waals surface area contributed by atoms with Crippen LogP contribution in [0.5, 0.6) is 5.75 Å². The van der Waals surface area contributed by atoms with E-state index in [-0.39, 0.29) is 17.0 Å². The molecule has 0 aliphatic rings. The third kappa shape index (κ3) is 3.08. The third-order valence-electron chi connectivity index (χ3n) is 2.05. The molecule has 0 spiro atoms. The molecule has 1 aromatic rings. The Hall–Kier alpha value is -1.87. The van der Waals surface area contributed by atoms with E-state index in [1.807, 2.05) is 0 Å². The maximum Gasteiger partial charge on any atom is 0.387 e. The lowest BCUT2D eigenvalue weighted by molar-refractivity contribution is -0.0501. The molecule has 0 aliphatic carbocycles. The van der Waals surface area contributed by atoms with Gasteiger partial charge in [0.25, 0.3) is 0 Å². The van der Waals surface area contributed by atoms with E-state index in [1.165, 1.54) is 12.1 Å². The molecule has 4 nitrogen and oxygen atoms in total. The zero-order valence-electron chi connectivity index (χ0n) is 9.25. The highest BCUT2D eigenvalue weighted by Crippen LogP contribution is 2.27. The number of nitrogens with zero attached hydrogens (tertiary/aromatic N) is 1. The average molecular weight is 276 g/mol. The van der Waals surface area contributed by atoms with Gasteiger partial charge in [0, 0.05) is 5.88 Å². The van der Waals surface area contributed by atoms with Crippen LogP contribution in [0.4, 0.5) is 8.78 Å². The van der Waals surface area contributed by atoms with Crippen LogP contribution >= 0.6 is 11.6 Å². The van der Waals surface area contributed by atoms with Gasteiger partial charge in [-0.1, -0.05) is 0 Å². The molecule has 0 radical (unpaired) electrons. The van der Waals surface area contributed by atoms with Crippen molar-refractivity contribution < 1.29 is 23.0 Å². The number of methoxy groups -OCH3 is 1. The van der Waals surface area contributed by atoms with Gasteiger partial charge in [-0.3, -0.25) is 0 Å². The van der Waals surface area contributed by atoms with E-state index in [1.54, 1.807) is 6.07 Å². The van der Waals surface area contributed by atoms with Crippen LogP contribution in [-0.2, 0) is 10.6 Å². The number of benzene rings is 1. The standard InChI is InChI=1S/C11H8ClF2NO3/c1-17-10(16)7-2-6(4-12)3-9(8(7)5-15)18-11(13)14/h2-3,11H,4H2,1H3. The highest BCUT2D eigenvalue weighted by molar-refractivity contribution is 6.17. The quantitative estimate of drug-likeness (QED) is 0.626. The minimum atomic E-state index is -3.10. The first-order valence-electron chi connectivity index (χ1n) is 4.69. The van der Waals surface area contributed by atoms with Crippen LogP contribution in [0, 0.1) is 11.3 Å². The number of carbonyl (C=O) groups excluding carboxylic acids is 1. The van der Waals surface area contributed by atoms with Crippen LogP contribution in [0.25, 0.3) is 0 Å². The fraction of sp³-hybridized carbons (Fsp3) is 0.273. The molecule has 1 aromatic carbocycles. The Bertz CT molecular complexity index is 500. The summed E-state index contributed by atoms with van der Waals surface area (Å²) in [5, 5.41) is 8.90. The van der Waals surface area contributed by atoms with Crippen molar-refractivity contribution in [3.05, 3.63) is 28.8 Å². The van der Waals surface area contributed by atoms with Gasteiger partial charge in [0.05, 0.1) is 12.7 Å². The first-order chi connectivity index (χ1) is 8.53. The van der Waals surface area contributed by atoms with Gasteiger partial charge >= 0.3 is 12.6 Å². The molecule has 0 heterocycles. The molecular weight excluding hydrogens is 268 g/mol. The van der Waals surface area contributed by atoms with Crippen LogP contribution in [-0.4, -0.2) is 19.7 Å². The van der Waals surface area contributed by atoms with Crippen molar-refractivity contribution >= 4 is 17.6 Å². The predicted octanol–water partition coefficient (Wildman–Crippen LogP) is 2.69. The molecule has 1 rings (SSSR count). The van der Waals surface area contributed by atoms with Crippen molar-refractivity contribution in [2.24, 2.45) is 0 Å². The van der Waals surface area contributed by atoms with Crippen molar-refractivity contribution in [2.45, 2.75) is 12.5 Å². The van der Waals surface area contributed by atoms with Crippen molar-refractivity contribution in [3.63, 3.8) is 0 Å². The van der Waals surface area contributed by atoms with Crippen molar-refractivity contribution in [1.82, 2.24) is 0 Å². The Kier molecular flexibility index (Phi) is 4.86. The van der Waals surface area contributed by atoms with E-state index in [2.05, 4.69) is 9.47 Å². The number of esters is 1. The smallest absolute Gasteiger partial charge is 0.387 e. The summed E-state index contributed by atoms with van der Waals surface area (Å²) >= 11 is 5.57. The summed E-state index contributed by atoms with van der Waals surface area (Å²) in [4.78, 5) is 11.4. The van der Waals surface area contributed by atoms with Crippen LogP contribution in [0.2, 0.25) is 0 Å². The Balaban J connectivity index is 3.40. The third-order valence-corrected chi connectivity index (χ3v) is 2.36. The molecule has 7 heteroatoms. The monoisotopic (exact) mass is 275 g/mol. The number of ether oxygens (including phenoxy) is 2. The van der Waals surface area contributed by atoms with Gasteiger partial charge < -0.3 is 9.47 Å². The number of alkyl halides is 3. The molecule has 0 saturated carbocycles. The largest absolute Gasteiger partial charge is 0.465 e. The van der Waals surface area contributed by atoms with Crippen LogP contribution in [0.1, 0.15) is 21.5 Å². The molecule has 0 amide bonds. The lowest BCUT2D eigenvalue weighted by Crippen LogP contribution is -2.10. The molecule has 18 heavy (non-hydrogen) atoms. The van der Waals surface area contributed by atoms with Crippen molar-refractivity contribution in [1.29, 1.82) is 5.26 Å². The number of nitriles is 1. The summed E-state index contributed by atoms with van der Waals surface area (Å²) in [7, 11) is 1.12. The average Bonchev–Trinajstić information content (AvgIpc) is 2.36. The number of carbonyl (C=O) groups is 1. The van der Waals surface area contributed by atoms with Crippen LogP contribution in [0.15, 0.2) is 12.1 Å². The second kappa shape index (κ2) is 6.17. The molecule has 0 saturated heterocycles. The van der Waals surface area contributed by atoms with Gasteiger partial charge in [-0.25, -0.2) is 4.79 Å². The summed E-state index contributed by atoms with van der Waals surface area (Å²) in [6.45, 7) is -3.10. The molecule has 96 valence electrons. The van der Waals surface area contributed by atoms with Gasteiger partial charge in [0.1, 0.15) is 17.4 Å². The Labute approximate surface area is 107 Å². The lowest BCUT2D eigenvalue weighted by atomic mass is 10.0. The molecule has 0 aliphatic heterocycles. The fourth-order valence-electron chi connectivity index (χ4n) is 1.32. The summed E-state index contributed by atoms with van der Waals surface area (Å²) in [6, 6.07) is 4.12. The first kappa shape index (κ1) is 14.2. The molecule has 0 aromatic heterocycles. The van der Waals surface area contributed by atoms with E-state index in [9.17, 15) is 13.6 Å². The predicted molar refractivity (Wildman–Crippen MR) is 58.7 cm³/mol. The maximum atomic E-state index is 12.2. The topological polar surface area (TPSA) is 59.3 Å². The van der Waals surface area contributed by atoms with E-state index < -0.39 is 18.3 Å². The second-order valence-corrected chi connectivity index (χ2v) is 3.40. The number of hydrogen-bond donors (Lipinski definition) is 0. The van der Waals surface area contributed by atoms with E-state index in [0.29, 0.717) is 5.56 Å². The highest BCUT2D eigenvalue weighted by atomic mass is 35.5. The Morgan fingerprint density at radius 1 is 1.56 bits per heavy atom. The summed E-state index contributed by atoms with van der Waals surface area (Å²) in [5.74, 6) is -1.24. The molecule has 0 atom stereocenters. The van der Waals surface area contributed by atoms with Gasteiger partial charge in [0.2, 0.25) is 0 Å². The molecular formula is C11H8ClF2NO3. The van der Waals surface area contributed by atoms with Gasteiger partial charge in [0.15, 0.2) is 0 Å². The van der Waals surface area contributed by atoms with Gasteiger partial charge in [-0.05, 0) is 17.7 Å². The molecule has 0 fully saturated rings. The molecule has 0 unspecified atom stereocenters. The van der Waals surface area contributed by atoms with Gasteiger partial charge in [-0.15, -0.1) is 11.6 Å². The lowest BCUT2D eigenvalue weighted by Gasteiger charge is -2.11. The molecule has 0 N–H and O–H groups in total. The van der Waals surface area contributed by atoms with Crippen molar-refractivity contribution in [3.8, 4) is 11.8 Å². The van der Waals surface area contributed by atoms with E-state index in [4.69, 9.17) is 16.9 Å². The normalized spacial score (nSPS) is 10.0. The van der Waals surface area contributed by atoms with Crippen LogP contribution < -0.4 is 4.74 Å². The second-order valence-electron chi connectivity index (χ2n) is 3.13.